The number of carbonyl (C=O) groups is 2. The Morgan fingerprint density at radius 2 is 1.31 bits per heavy atom. The van der Waals surface area contributed by atoms with Gasteiger partial charge in [0.2, 0.25) is 0 Å². The Labute approximate surface area is 184 Å². The molecule has 0 fully saturated rings. The molecule has 0 aliphatic heterocycles. The number of carboxylic acid groups (broad SMARTS) is 2. The van der Waals surface area contributed by atoms with E-state index in [1.807, 2.05) is 42.5 Å². The van der Waals surface area contributed by atoms with E-state index in [4.69, 9.17) is 4.74 Å². The van der Waals surface area contributed by atoms with Crippen molar-refractivity contribution in [2.45, 2.75) is 6.42 Å². The minimum absolute atomic E-state index is 0.257. The van der Waals surface area contributed by atoms with E-state index < -0.39 is 11.9 Å². The number of hydrogen-bond donors (Lipinski definition) is 2. The molecule has 0 amide bonds. The highest BCUT2D eigenvalue weighted by Gasteiger charge is 2.23. The third-order valence-corrected chi connectivity index (χ3v) is 5.68. The van der Waals surface area contributed by atoms with E-state index >= 15 is 0 Å². The predicted molar refractivity (Wildman–Crippen MR) is 121 cm³/mol. The highest BCUT2D eigenvalue weighted by Crippen LogP contribution is 2.45. The van der Waals surface area contributed by atoms with E-state index in [9.17, 15) is 19.8 Å². The van der Waals surface area contributed by atoms with Gasteiger partial charge in [-0.2, -0.15) is 0 Å². The van der Waals surface area contributed by atoms with Gasteiger partial charge in [0.25, 0.3) is 0 Å². The van der Waals surface area contributed by atoms with Gasteiger partial charge in [-0.1, -0.05) is 60.7 Å². The van der Waals surface area contributed by atoms with E-state index in [2.05, 4.69) is 24.3 Å². The van der Waals surface area contributed by atoms with Gasteiger partial charge >= 0.3 is 11.9 Å². The van der Waals surface area contributed by atoms with Crippen molar-refractivity contribution in [3.8, 4) is 33.8 Å². The first-order valence-corrected chi connectivity index (χ1v) is 10.1. The van der Waals surface area contributed by atoms with Gasteiger partial charge in [-0.05, 0) is 58.5 Å². The van der Waals surface area contributed by atoms with Crippen LogP contribution in [0.4, 0.5) is 0 Å². The van der Waals surface area contributed by atoms with E-state index in [0.29, 0.717) is 5.75 Å². The van der Waals surface area contributed by atoms with Crippen molar-refractivity contribution in [1.29, 1.82) is 0 Å². The summed E-state index contributed by atoms with van der Waals surface area (Å²) in [6, 6.07) is 26.1. The second-order valence-electron chi connectivity index (χ2n) is 7.59. The van der Waals surface area contributed by atoms with E-state index in [-0.39, 0.29) is 16.9 Å². The van der Waals surface area contributed by atoms with Gasteiger partial charge in [0.05, 0.1) is 11.1 Å². The van der Waals surface area contributed by atoms with Crippen molar-refractivity contribution in [3.05, 3.63) is 107 Å². The molecule has 4 aromatic rings. The van der Waals surface area contributed by atoms with Crippen molar-refractivity contribution in [1.82, 2.24) is 0 Å². The number of fused-ring (bicyclic) bond motifs is 3. The van der Waals surface area contributed by atoms with Crippen LogP contribution in [0.5, 0.6) is 11.5 Å². The smallest absolute Gasteiger partial charge is 0.336 e. The average molecular weight is 422 g/mol. The quantitative estimate of drug-likeness (QED) is 0.357. The fraction of sp³-hybridized carbons (Fsp3) is 0.0370. The van der Waals surface area contributed by atoms with Crippen LogP contribution >= 0.6 is 0 Å². The van der Waals surface area contributed by atoms with Gasteiger partial charge in [0, 0.05) is 5.56 Å². The number of hydrogen-bond acceptors (Lipinski definition) is 3. The van der Waals surface area contributed by atoms with Crippen LogP contribution in [0.3, 0.4) is 0 Å². The summed E-state index contributed by atoms with van der Waals surface area (Å²) in [4.78, 5) is 22.9. The van der Waals surface area contributed by atoms with E-state index in [1.54, 1.807) is 0 Å². The summed E-state index contributed by atoms with van der Waals surface area (Å²) in [5.41, 5.74) is 6.21. The molecule has 5 heteroatoms. The molecule has 156 valence electrons. The lowest BCUT2D eigenvalue weighted by Crippen LogP contribution is -2.08. The molecule has 0 atom stereocenters. The highest BCUT2D eigenvalue weighted by molar-refractivity contribution is 6.02. The van der Waals surface area contributed by atoms with Gasteiger partial charge in [-0.25, -0.2) is 9.59 Å². The molecule has 2 N–H and O–H groups in total. The number of rotatable bonds is 5. The molecule has 0 heterocycles. The zero-order valence-electron chi connectivity index (χ0n) is 16.9. The summed E-state index contributed by atoms with van der Waals surface area (Å²) < 4.78 is 6.08. The van der Waals surface area contributed by atoms with Gasteiger partial charge < -0.3 is 14.9 Å². The lowest BCUT2D eigenvalue weighted by atomic mass is 9.94. The van der Waals surface area contributed by atoms with Crippen molar-refractivity contribution in [2.24, 2.45) is 0 Å². The fourth-order valence-electron chi connectivity index (χ4n) is 4.27. The van der Waals surface area contributed by atoms with Gasteiger partial charge in [-0.3, -0.25) is 0 Å². The molecule has 0 radical (unpaired) electrons. The molecule has 1 aliphatic rings. The van der Waals surface area contributed by atoms with Gasteiger partial charge in [0.15, 0.2) is 0 Å². The lowest BCUT2D eigenvalue weighted by molar-refractivity contribution is 0.0651. The number of benzene rings is 4. The molecule has 1 aliphatic carbocycles. The van der Waals surface area contributed by atoms with Crippen molar-refractivity contribution >= 4 is 11.9 Å². The minimum atomic E-state index is -1.32. The number of carboxylic acids is 2. The van der Waals surface area contributed by atoms with E-state index in [0.717, 1.165) is 17.5 Å². The van der Waals surface area contributed by atoms with Crippen LogP contribution in [-0.2, 0) is 6.42 Å². The number of aromatic carboxylic acids is 2. The normalized spacial score (nSPS) is 11.5. The van der Waals surface area contributed by atoms with Crippen LogP contribution in [0.15, 0.2) is 84.9 Å². The highest BCUT2D eigenvalue weighted by atomic mass is 16.5. The Kier molecular flexibility index (Phi) is 4.71. The first-order valence-electron chi connectivity index (χ1n) is 10.1. The molecule has 0 bridgehead atoms. The number of ether oxygens (including phenoxy) is 1. The molecule has 32 heavy (non-hydrogen) atoms. The Bertz CT molecular complexity index is 1390. The maximum Gasteiger partial charge on any atom is 0.336 e. The third kappa shape index (κ3) is 3.30. The summed E-state index contributed by atoms with van der Waals surface area (Å²) >= 11 is 0. The van der Waals surface area contributed by atoms with Crippen LogP contribution in [0.2, 0.25) is 0 Å². The maximum absolute atomic E-state index is 11.5. The summed E-state index contributed by atoms with van der Waals surface area (Å²) in [6.45, 7) is 0. The minimum Gasteiger partial charge on any atom is -0.478 e. The maximum atomic E-state index is 11.5. The summed E-state index contributed by atoms with van der Waals surface area (Å²) in [5, 5.41) is 18.7. The third-order valence-electron chi connectivity index (χ3n) is 5.68. The summed E-state index contributed by atoms with van der Waals surface area (Å²) in [7, 11) is 0. The Morgan fingerprint density at radius 1 is 0.656 bits per heavy atom. The standard InChI is InChI=1S/C27H18O5/c28-26(29)22-13-12-18(15-23(22)27(30)31)32-24-11-4-3-9-20(24)21-10-5-7-17-14-16-6-1-2-8-19(16)25(17)21/h1-13,15H,14H2,(H,28,29)(H,30,31). The first-order chi connectivity index (χ1) is 15.5. The molecule has 0 saturated carbocycles. The van der Waals surface area contributed by atoms with Crippen LogP contribution in [0.25, 0.3) is 22.3 Å². The molecule has 0 saturated heterocycles. The van der Waals surface area contributed by atoms with Crippen molar-refractivity contribution in [2.75, 3.05) is 0 Å². The van der Waals surface area contributed by atoms with Crippen molar-refractivity contribution in [3.63, 3.8) is 0 Å². The van der Waals surface area contributed by atoms with E-state index in [1.165, 1.54) is 40.5 Å². The summed E-state index contributed by atoms with van der Waals surface area (Å²) in [6.07, 6.45) is 0.876. The molecular weight excluding hydrogens is 404 g/mol. The molecule has 5 nitrogen and oxygen atoms in total. The second kappa shape index (κ2) is 7.71. The topological polar surface area (TPSA) is 83.8 Å². The first kappa shape index (κ1) is 19.6. The zero-order valence-corrected chi connectivity index (χ0v) is 16.9. The fourth-order valence-corrected chi connectivity index (χ4v) is 4.27. The number of para-hydroxylation sites is 1. The van der Waals surface area contributed by atoms with Crippen LogP contribution in [-0.4, -0.2) is 22.2 Å². The van der Waals surface area contributed by atoms with Crippen molar-refractivity contribution < 1.29 is 24.5 Å². The molecule has 0 unspecified atom stereocenters. The van der Waals surface area contributed by atoms with Crippen LogP contribution < -0.4 is 4.74 Å². The van der Waals surface area contributed by atoms with Crippen LogP contribution in [0.1, 0.15) is 31.8 Å². The molecule has 4 aromatic carbocycles. The molecule has 0 aromatic heterocycles. The summed E-state index contributed by atoms with van der Waals surface area (Å²) in [5.74, 6) is -1.80. The average Bonchev–Trinajstić information content (AvgIpc) is 3.18. The SMILES string of the molecule is O=C(O)c1ccc(Oc2ccccc2-c2cccc3c2-c2ccccc2C3)cc1C(=O)O. The molecular formula is C27H18O5. The second-order valence-corrected chi connectivity index (χ2v) is 7.59. The Morgan fingerprint density at radius 3 is 2.09 bits per heavy atom. The lowest BCUT2D eigenvalue weighted by Gasteiger charge is -2.15. The van der Waals surface area contributed by atoms with Crippen LogP contribution in [0, 0.1) is 0 Å². The zero-order chi connectivity index (χ0) is 22.2. The van der Waals surface area contributed by atoms with Gasteiger partial charge in [-0.15, -0.1) is 0 Å². The monoisotopic (exact) mass is 422 g/mol. The molecule has 5 rings (SSSR count). The Balaban J connectivity index is 1.60. The molecule has 0 spiro atoms. The predicted octanol–water partition coefficient (Wildman–Crippen LogP) is 6.11. The van der Waals surface area contributed by atoms with Gasteiger partial charge in [0.1, 0.15) is 11.5 Å². The largest absolute Gasteiger partial charge is 0.478 e. The Hall–Kier alpha value is -4.38.